The van der Waals surface area contributed by atoms with Gasteiger partial charge in [0.25, 0.3) is 0 Å². The van der Waals surface area contributed by atoms with Gasteiger partial charge in [-0.2, -0.15) is 0 Å². The van der Waals surface area contributed by atoms with E-state index in [0.29, 0.717) is 11.6 Å². The molecular formula is C19H34O3Si. The van der Waals surface area contributed by atoms with Crippen molar-refractivity contribution in [2.24, 2.45) is 11.8 Å². The lowest BCUT2D eigenvalue weighted by Gasteiger charge is -2.36. The van der Waals surface area contributed by atoms with Crippen molar-refractivity contribution in [1.82, 2.24) is 0 Å². The zero-order valence-corrected chi connectivity index (χ0v) is 16.6. The smallest absolute Gasteiger partial charge is 0.191 e. The van der Waals surface area contributed by atoms with Gasteiger partial charge in [-0.3, -0.25) is 0 Å². The van der Waals surface area contributed by atoms with Crippen LogP contribution in [0.3, 0.4) is 0 Å². The van der Waals surface area contributed by atoms with E-state index in [1.165, 1.54) is 12.8 Å². The first-order valence-electron chi connectivity index (χ1n) is 9.12. The summed E-state index contributed by atoms with van der Waals surface area (Å²) in [4.78, 5) is 0. The number of hydrogen-bond acceptors (Lipinski definition) is 3. The van der Waals surface area contributed by atoms with Crippen molar-refractivity contribution in [3.63, 3.8) is 0 Å². The predicted octanol–water partition coefficient (Wildman–Crippen LogP) is 4.58. The molecule has 23 heavy (non-hydrogen) atoms. The molecule has 2 fully saturated rings. The molecule has 0 bridgehead atoms. The van der Waals surface area contributed by atoms with E-state index in [2.05, 4.69) is 45.7 Å². The van der Waals surface area contributed by atoms with Gasteiger partial charge in [-0.15, -0.1) is 5.92 Å². The van der Waals surface area contributed by atoms with Crippen LogP contribution in [0.2, 0.25) is 18.1 Å². The first-order valence-corrected chi connectivity index (χ1v) is 12.0. The highest BCUT2D eigenvalue weighted by molar-refractivity contribution is 6.74. The minimum absolute atomic E-state index is 0.0234. The summed E-state index contributed by atoms with van der Waals surface area (Å²) < 4.78 is 17.5. The van der Waals surface area contributed by atoms with Crippen LogP contribution in [0.4, 0.5) is 0 Å². The Labute approximate surface area is 143 Å². The van der Waals surface area contributed by atoms with E-state index >= 15 is 0 Å². The van der Waals surface area contributed by atoms with E-state index < -0.39 is 8.32 Å². The van der Waals surface area contributed by atoms with Crippen LogP contribution in [0.25, 0.3) is 0 Å². The van der Waals surface area contributed by atoms with E-state index in [4.69, 9.17) is 13.9 Å². The Bertz CT molecular complexity index is 424. The van der Waals surface area contributed by atoms with Crippen molar-refractivity contribution in [1.29, 1.82) is 0 Å². The summed E-state index contributed by atoms with van der Waals surface area (Å²) in [5.74, 6) is 7.86. The number of rotatable bonds is 6. The van der Waals surface area contributed by atoms with Crippen LogP contribution in [0.5, 0.6) is 0 Å². The minimum atomic E-state index is -1.59. The van der Waals surface area contributed by atoms with Crippen molar-refractivity contribution in [2.75, 3.05) is 19.8 Å². The van der Waals surface area contributed by atoms with Gasteiger partial charge in [0.2, 0.25) is 0 Å². The molecule has 1 saturated heterocycles. The Balaban J connectivity index is 1.56. The average molecular weight is 339 g/mol. The molecule has 3 nitrogen and oxygen atoms in total. The van der Waals surface area contributed by atoms with Crippen LogP contribution in [0.1, 0.15) is 52.9 Å². The zero-order valence-electron chi connectivity index (χ0n) is 15.6. The molecule has 1 aliphatic heterocycles. The van der Waals surface area contributed by atoms with E-state index in [9.17, 15) is 0 Å². The largest absolute Gasteiger partial charge is 0.417 e. The van der Waals surface area contributed by atoms with Crippen molar-refractivity contribution >= 4 is 8.32 Å². The monoisotopic (exact) mass is 338 g/mol. The molecule has 2 aliphatic rings. The Kier molecular flexibility index (Phi) is 6.73. The van der Waals surface area contributed by atoms with Gasteiger partial charge in [0, 0.05) is 19.6 Å². The minimum Gasteiger partial charge on any atom is -0.417 e. The maximum Gasteiger partial charge on any atom is 0.191 e. The summed E-state index contributed by atoms with van der Waals surface area (Å²) in [6.45, 7) is 13.8. The fourth-order valence-electron chi connectivity index (χ4n) is 2.53. The molecule has 1 aliphatic carbocycles. The van der Waals surface area contributed by atoms with Crippen LogP contribution < -0.4 is 0 Å². The van der Waals surface area contributed by atoms with Crippen LogP contribution in [0.15, 0.2) is 0 Å². The lowest BCUT2D eigenvalue weighted by molar-refractivity contribution is -0.154. The third kappa shape index (κ3) is 6.23. The van der Waals surface area contributed by atoms with Crippen molar-refractivity contribution in [2.45, 2.75) is 77.3 Å². The quantitative estimate of drug-likeness (QED) is 0.524. The fraction of sp³-hybridized carbons (Fsp3) is 0.895. The average Bonchev–Trinajstić information content (AvgIpc) is 3.23. The summed E-state index contributed by atoms with van der Waals surface area (Å²) in [5.41, 5.74) is 0. The summed E-state index contributed by atoms with van der Waals surface area (Å²) in [5, 5.41) is 0.301. The molecule has 0 aromatic heterocycles. The first kappa shape index (κ1) is 19.0. The van der Waals surface area contributed by atoms with Gasteiger partial charge in [-0.1, -0.05) is 26.7 Å². The maximum absolute atomic E-state index is 6.30. The van der Waals surface area contributed by atoms with Gasteiger partial charge < -0.3 is 13.9 Å². The van der Waals surface area contributed by atoms with Crippen LogP contribution in [0, 0.1) is 23.7 Å². The Hall–Kier alpha value is -0.343. The third-order valence-corrected chi connectivity index (χ3v) is 10.0. The molecule has 3 atom stereocenters. The molecule has 2 rings (SSSR count). The molecule has 0 aromatic carbocycles. The van der Waals surface area contributed by atoms with Gasteiger partial charge >= 0.3 is 0 Å². The second-order valence-corrected chi connectivity index (χ2v) is 13.3. The second kappa shape index (κ2) is 8.16. The topological polar surface area (TPSA) is 27.7 Å². The zero-order chi connectivity index (χ0) is 16.9. The number of ether oxygens (including phenoxy) is 2. The van der Waals surface area contributed by atoms with Crippen molar-refractivity contribution in [3.8, 4) is 11.8 Å². The predicted molar refractivity (Wildman–Crippen MR) is 96.7 cm³/mol. The summed E-state index contributed by atoms with van der Waals surface area (Å²) in [7, 11) is -1.59. The summed E-state index contributed by atoms with van der Waals surface area (Å²) in [6.07, 6.45) is 5.61. The van der Waals surface area contributed by atoms with Gasteiger partial charge in [0.1, 0.15) is 6.61 Å². The van der Waals surface area contributed by atoms with Gasteiger partial charge in [-0.25, -0.2) is 0 Å². The van der Waals surface area contributed by atoms with Gasteiger partial charge in [0.15, 0.2) is 14.6 Å². The Morgan fingerprint density at radius 2 is 1.91 bits per heavy atom. The molecule has 1 saturated carbocycles. The van der Waals surface area contributed by atoms with Crippen molar-refractivity contribution in [3.05, 3.63) is 0 Å². The number of hydrogen-bond donors (Lipinski definition) is 0. The van der Waals surface area contributed by atoms with E-state index in [-0.39, 0.29) is 6.29 Å². The molecular weight excluding hydrogens is 304 g/mol. The molecule has 0 amide bonds. The lowest BCUT2D eigenvalue weighted by atomic mass is 10.2. The molecule has 1 heterocycles. The highest BCUT2D eigenvalue weighted by atomic mass is 28.4. The molecule has 0 radical (unpaired) electrons. The normalized spacial score (nSPS) is 28.1. The maximum atomic E-state index is 6.30. The molecule has 0 spiro atoms. The van der Waals surface area contributed by atoms with Crippen LogP contribution >= 0.6 is 0 Å². The lowest BCUT2D eigenvalue weighted by Crippen LogP contribution is -2.41. The molecule has 132 valence electrons. The molecule has 4 heteroatoms. The van der Waals surface area contributed by atoms with E-state index in [1.807, 2.05) is 0 Å². The van der Waals surface area contributed by atoms with Crippen LogP contribution in [-0.4, -0.2) is 34.4 Å². The first-order chi connectivity index (χ1) is 10.8. The SMILES string of the molecule is CC(C)(C)[Si](C)(C)OCC1CC1CC#CCOC1CCCCO1. The molecule has 0 aromatic rings. The van der Waals surface area contributed by atoms with Gasteiger partial charge in [-0.05, 0) is 55.7 Å². The standard InChI is InChI=1S/C19H34O3Si/c1-19(2,3)23(4,5)22-15-17-14-16(17)10-6-8-12-20-18-11-7-9-13-21-18/h16-18H,7,9-15H2,1-5H3. The van der Waals surface area contributed by atoms with E-state index in [0.717, 1.165) is 44.3 Å². The van der Waals surface area contributed by atoms with Gasteiger partial charge in [0.05, 0.1) is 0 Å². The third-order valence-electron chi connectivity index (χ3n) is 5.50. The summed E-state index contributed by atoms with van der Waals surface area (Å²) in [6, 6.07) is 0. The second-order valence-electron chi connectivity index (χ2n) is 8.49. The van der Waals surface area contributed by atoms with E-state index in [1.54, 1.807) is 0 Å². The molecule has 0 N–H and O–H groups in total. The highest BCUT2D eigenvalue weighted by Gasteiger charge is 2.41. The Morgan fingerprint density at radius 3 is 2.57 bits per heavy atom. The summed E-state index contributed by atoms with van der Waals surface area (Å²) >= 11 is 0. The Morgan fingerprint density at radius 1 is 1.13 bits per heavy atom. The highest BCUT2D eigenvalue weighted by Crippen LogP contribution is 2.43. The molecule has 3 unspecified atom stereocenters. The van der Waals surface area contributed by atoms with Crippen LogP contribution in [-0.2, 0) is 13.9 Å². The fourth-order valence-corrected chi connectivity index (χ4v) is 3.59. The van der Waals surface area contributed by atoms with Crippen molar-refractivity contribution < 1.29 is 13.9 Å².